The van der Waals surface area contributed by atoms with E-state index in [1.165, 1.54) is 0 Å². The standard InChI is InChI=1S/C12H28O2Si3/c1-9-11-17(12-10-2,13-15(3,4)5)14-16(6,7)8/h9-10H,1-2,11-12H2,3-8H3. The Morgan fingerprint density at radius 1 is 0.765 bits per heavy atom. The Balaban J connectivity index is 5.10. The van der Waals surface area contributed by atoms with Gasteiger partial charge in [0.15, 0.2) is 16.6 Å². The van der Waals surface area contributed by atoms with Gasteiger partial charge < -0.3 is 8.23 Å². The molecule has 0 fully saturated rings. The Morgan fingerprint density at radius 2 is 1.06 bits per heavy atom. The molecule has 0 amide bonds. The van der Waals surface area contributed by atoms with Crippen molar-refractivity contribution in [1.29, 1.82) is 0 Å². The summed E-state index contributed by atoms with van der Waals surface area (Å²) in [4.78, 5) is 0. The Hall–Kier alpha value is 0.0506. The molecule has 0 unspecified atom stereocenters. The normalized spacial score (nSPS) is 13.5. The number of hydrogen-bond donors (Lipinski definition) is 0. The molecule has 0 aliphatic rings. The highest BCUT2D eigenvalue weighted by Gasteiger charge is 2.42. The molecule has 17 heavy (non-hydrogen) atoms. The monoisotopic (exact) mass is 288 g/mol. The van der Waals surface area contributed by atoms with Gasteiger partial charge in [-0.2, -0.15) is 0 Å². The maximum atomic E-state index is 6.43. The van der Waals surface area contributed by atoms with E-state index in [1.807, 2.05) is 12.2 Å². The van der Waals surface area contributed by atoms with Crippen LogP contribution >= 0.6 is 0 Å². The van der Waals surface area contributed by atoms with Crippen molar-refractivity contribution >= 4 is 25.2 Å². The van der Waals surface area contributed by atoms with Gasteiger partial charge in [-0.25, -0.2) is 0 Å². The second-order valence-corrected chi connectivity index (χ2v) is 19.0. The average Bonchev–Trinajstić information content (AvgIpc) is 1.96. The van der Waals surface area contributed by atoms with Crippen molar-refractivity contribution in [2.45, 2.75) is 51.4 Å². The molecule has 0 saturated carbocycles. The number of hydrogen-bond acceptors (Lipinski definition) is 2. The highest BCUT2D eigenvalue weighted by molar-refractivity contribution is 6.88. The van der Waals surface area contributed by atoms with E-state index >= 15 is 0 Å². The van der Waals surface area contributed by atoms with Crippen LogP contribution in [0.3, 0.4) is 0 Å². The molecule has 0 aliphatic carbocycles. The Kier molecular flexibility index (Phi) is 6.30. The molecule has 0 spiro atoms. The van der Waals surface area contributed by atoms with E-state index in [4.69, 9.17) is 8.23 Å². The smallest absolute Gasteiger partial charge is 0.325 e. The number of allylic oxidation sites excluding steroid dienone is 2. The van der Waals surface area contributed by atoms with Crippen molar-refractivity contribution in [2.75, 3.05) is 0 Å². The summed E-state index contributed by atoms with van der Waals surface area (Å²) in [5, 5.41) is 0. The van der Waals surface area contributed by atoms with Crippen LogP contribution in [-0.2, 0) is 8.23 Å². The van der Waals surface area contributed by atoms with Gasteiger partial charge in [-0.3, -0.25) is 0 Å². The first-order valence-electron chi connectivity index (χ1n) is 6.16. The predicted octanol–water partition coefficient (Wildman–Crippen LogP) is 4.50. The molecule has 0 aromatic carbocycles. The van der Waals surface area contributed by atoms with E-state index in [2.05, 4.69) is 52.4 Å². The first kappa shape index (κ1) is 17.1. The molecule has 0 aliphatic heterocycles. The van der Waals surface area contributed by atoms with Gasteiger partial charge in [-0.15, -0.1) is 13.2 Å². The van der Waals surface area contributed by atoms with Crippen molar-refractivity contribution in [1.82, 2.24) is 0 Å². The SMILES string of the molecule is C=CC[Si](CC=C)(O[Si](C)(C)C)O[Si](C)(C)C. The third-order valence-electron chi connectivity index (χ3n) is 1.90. The minimum absolute atomic E-state index is 0.855. The van der Waals surface area contributed by atoms with Gasteiger partial charge in [-0.05, 0) is 39.3 Å². The van der Waals surface area contributed by atoms with Gasteiger partial charge in [0.05, 0.1) is 0 Å². The summed E-state index contributed by atoms with van der Waals surface area (Å²) in [5.41, 5.74) is 0. The summed E-state index contributed by atoms with van der Waals surface area (Å²) in [6, 6.07) is 1.71. The first-order chi connectivity index (χ1) is 7.54. The van der Waals surface area contributed by atoms with Crippen LogP contribution in [0.2, 0.25) is 51.4 Å². The minimum atomic E-state index is -2.18. The summed E-state index contributed by atoms with van der Waals surface area (Å²) in [6.07, 6.45) is 3.88. The molecule has 0 heterocycles. The quantitative estimate of drug-likeness (QED) is 0.483. The maximum absolute atomic E-state index is 6.43. The van der Waals surface area contributed by atoms with Gasteiger partial charge >= 0.3 is 8.56 Å². The third kappa shape index (κ3) is 7.88. The lowest BCUT2D eigenvalue weighted by Crippen LogP contribution is -2.54. The molecule has 100 valence electrons. The van der Waals surface area contributed by atoms with E-state index in [0.29, 0.717) is 0 Å². The largest absolute Gasteiger partial charge is 0.436 e. The lowest BCUT2D eigenvalue weighted by atomic mass is 10.7. The van der Waals surface area contributed by atoms with Crippen molar-refractivity contribution in [3.8, 4) is 0 Å². The lowest BCUT2D eigenvalue weighted by molar-refractivity contribution is 0.383. The molecule has 0 saturated heterocycles. The maximum Gasteiger partial charge on any atom is 0.325 e. The summed E-state index contributed by atoms with van der Waals surface area (Å²) < 4.78 is 12.9. The van der Waals surface area contributed by atoms with Gasteiger partial charge in [0.1, 0.15) is 0 Å². The van der Waals surface area contributed by atoms with Crippen LogP contribution in [-0.4, -0.2) is 25.2 Å². The van der Waals surface area contributed by atoms with E-state index < -0.39 is 25.2 Å². The lowest BCUT2D eigenvalue weighted by Gasteiger charge is -2.40. The molecule has 0 atom stereocenters. The average molecular weight is 289 g/mol. The van der Waals surface area contributed by atoms with E-state index in [1.54, 1.807) is 0 Å². The van der Waals surface area contributed by atoms with Crippen molar-refractivity contribution in [3.63, 3.8) is 0 Å². The molecule has 2 nitrogen and oxygen atoms in total. The summed E-state index contributed by atoms with van der Waals surface area (Å²) in [7, 11) is -5.39. The van der Waals surface area contributed by atoms with E-state index in [-0.39, 0.29) is 0 Å². The fourth-order valence-electron chi connectivity index (χ4n) is 1.83. The molecule has 0 rings (SSSR count). The van der Waals surface area contributed by atoms with Crippen molar-refractivity contribution < 1.29 is 8.23 Å². The zero-order valence-corrected chi connectivity index (χ0v) is 15.3. The van der Waals surface area contributed by atoms with Crippen LogP contribution in [0.1, 0.15) is 0 Å². The number of rotatable bonds is 8. The second kappa shape index (κ2) is 6.29. The Morgan fingerprint density at radius 3 is 1.24 bits per heavy atom. The van der Waals surface area contributed by atoms with E-state index in [9.17, 15) is 0 Å². The molecule has 0 bridgehead atoms. The summed E-state index contributed by atoms with van der Waals surface area (Å²) in [6.45, 7) is 21.0. The van der Waals surface area contributed by atoms with Crippen LogP contribution in [0, 0.1) is 0 Å². The second-order valence-electron chi connectivity index (χ2n) is 6.33. The fourth-order valence-corrected chi connectivity index (χ4v) is 13.7. The zero-order valence-electron chi connectivity index (χ0n) is 12.3. The zero-order chi connectivity index (χ0) is 13.7. The molecule has 0 aromatic heterocycles. The van der Waals surface area contributed by atoms with Gasteiger partial charge in [0.25, 0.3) is 0 Å². The van der Waals surface area contributed by atoms with Gasteiger partial charge in [-0.1, -0.05) is 12.2 Å². The van der Waals surface area contributed by atoms with Crippen molar-refractivity contribution in [3.05, 3.63) is 25.3 Å². The minimum Gasteiger partial charge on any atom is -0.436 e. The third-order valence-corrected chi connectivity index (χ3v) is 11.6. The van der Waals surface area contributed by atoms with E-state index in [0.717, 1.165) is 12.1 Å². The first-order valence-corrected chi connectivity index (χ1v) is 15.2. The predicted molar refractivity (Wildman–Crippen MR) is 84.6 cm³/mol. The Bertz CT molecular complexity index is 236. The molecule has 0 radical (unpaired) electrons. The molecular weight excluding hydrogens is 260 g/mol. The van der Waals surface area contributed by atoms with Crippen LogP contribution in [0.15, 0.2) is 25.3 Å². The molecular formula is C12H28O2Si3. The highest BCUT2D eigenvalue weighted by Crippen LogP contribution is 2.28. The van der Waals surface area contributed by atoms with Crippen LogP contribution in [0.25, 0.3) is 0 Å². The van der Waals surface area contributed by atoms with Crippen LogP contribution < -0.4 is 0 Å². The Labute approximate surface area is 110 Å². The topological polar surface area (TPSA) is 18.5 Å². The molecule has 5 heteroatoms. The van der Waals surface area contributed by atoms with Gasteiger partial charge in [0, 0.05) is 12.1 Å². The summed E-state index contributed by atoms with van der Waals surface area (Å²) in [5.74, 6) is 0. The highest BCUT2D eigenvalue weighted by atomic mass is 28.5. The molecule has 0 aromatic rings. The fraction of sp³-hybridized carbons (Fsp3) is 0.667. The van der Waals surface area contributed by atoms with Gasteiger partial charge in [0.2, 0.25) is 0 Å². The van der Waals surface area contributed by atoms with Crippen LogP contribution in [0.5, 0.6) is 0 Å². The summed E-state index contributed by atoms with van der Waals surface area (Å²) >= 11 is 0. The van der Waals surface area contributed by atoms with Crippen LogP contribution in [0.4, 0.5) is 0 Å². The molecule has 0 N–H and O–H groups in total. The van der Waals surface area contributed by atoms with Crippen molar-refractivity contribution in [2.24, 2.45) is 0 Å².